The van der Waals surface area contributed by atoms with Gasteiger partial charge in [0, 0.05) is 23.0 Å². The molecule has 5 nitrogen and oxygen atoms in total. The lowest BCUT2D eigenvalue weighted by Gasteiger charge is -2.04. The summed E-state index contributed by atoms with van der Waals surface area (Å²) in [5, 5.41) is 3.10. The number of hydrogen-bond acceptors (Lipinski definition) is 5. The number of benzene rings is 2. The molecule has 21 heavy (non-hydrogen) atoms. The number of ether oxygens (including phenoxy) is 1. The van der Waals surface area contributed by atoms with Crippen LogP contribution in [-0.4, -0.2) is 12.1 Å². The summed E-state index contributed by atoms with van der Waals surface area (Å²) in [5.41, 5.74) is 8.94. The second-order valence-electron chi connectivity index (χ2n) is 4.52. The minimum absolute atomic E-state index is 0.426. The topological polar surface area (TPSA) is 73.3 Å². The highest BCUT2D eigenvalue weighted by Crippen LogP contribution is 2.25. The standard InChI is InChI=1S/C16H15N3O2/c1-20-14-4-2-3-13(9-14)18-16-19-15(10-21-16)11-5-7-12(17)8-6-11/h2-10H,17H2,1H3,(H,18,19). The maximum atomic E-state index is 5.67. The third-order valence-electron chi connectivity index (χ3n) is 3.03. The van der Waals surface area contributed by atoms with Gasteiger partial charge in [0.25, 0.3) is 6.01 Å². The highest BCUT2D eigenvalue weighted by molar-refractivity contribution is 5.63. The second kappa shape index (κ2) is 5.58. The van der Waals surface area contributed by atoms with Crippen LogP contribution in [0.4, 0.5) is 17.4 Å². The number of aromatic nitrogens is 1. The highest BCUT2D eigenvalue weighted by atomic mass is 16.5. The van der Waals surface area contributed by atoms with Crippen molar-refractivity contribution in [2.45, 2.75) is 0 Å². The Labute approximate surface area is 122 Å². The number of anilines is 3. The number of nitrogens with two attached hydrogens (primary N) is 1. The van der Waals surface area contributed by atoms with Gasteiger partial charge in [0.15, 0.2) is 0 Å². The Morgan fingerprint density at radius 3 is 2.71 bits per heavy atom. The zero-order valence-corrected chi connectivity index (χ0v) is 11.5. The van der Waals surface area contributed by atoms with Crippen LogP contribution in [0.2, 0.25) is 0 Å². The molecule has 0 atom stereocenters. The van der Waals surface area contributed by atoms with Crippen molar-refractivity contribution in [3.63, 3.8) is 0 Å². The molecule has 5 heteroatoms. The van der Waals surface area contributed by atoms with Crippen LogP contribution in [-0.2, 0) is 0 Å². The fourth-order valence-corrected chi connectivity index (χ4v) is 1.94. The van der Waals surface area contributed by atoms with Crippen LogP contribution in [0.15, 0.2) is 59.2 Å². The van der Waals surface area contributed by atoms with Gasteiger partial charge in [-0.1, -0.05) is 18.2 Å². The van der Waals surface area contributed by atoms with E-state index in [2.05, 4.69) is 10.3 Å². The van der Waals surface area contributed by atoms with Crippen LogP contribution in [0, 0.1) is 0 Å². The van der Waals surface area contributed by atoms with Crippen molar-refractivity contribution >= 4 is 17.4 Å². The highest BCUT2D eigenvalue weighted by Gasteiger charge is 2.06. The van der Waals surface area contributed by atoms with E-state index in [0.717, 1.165) is 28.4 Å². The molecule has 0 bridgehead atoms. The van der Waals surface area contributed by atoms with Gasteiger partial charge < -0.3 is 20.2 Å². The first kappa shape index (κ1) is 13.1. The first-order chi connectivity index (χ1) is 10.2. The van der Waals surface area contributed by atoms with Crippen molar-refractivity contribution < 1.29 is 9.15 Å². The van der Waals surface area contributed by atoms with E-state index in [9.17, 15) is 0 Å². The molecule has 0 aliphatic rings. The van der Waals surface area contributed by atoms with Crippen molar-refractivity contribution in [3.8, 4) is 17.0 Å². The molecule has 3 N–H and O–H groups in total. The van der Waals surface area contributed by atoms with Crippen molar-refractivity contribution in [2.75, 3.05) is 18.2 Å². The molecule has 0 aliphatic carbocycles. The summed E-state index contributed by atoms with van der Waals surface area (Å²) in [7, 11) is 1.63. The van der Waals surface area contributed by atoms with Gasteiger partial charge in [0.2, 0.25) is 0 Å². The van der Waals surface area contributed by atoms with Gasteiger partial charge in [-0.2, -0.15) is 4.98 Å². The Balaban J connectivity index is 1.80. The molecule has 0 saturated heterocycles. The number of nitrogens with zero attached hydrogens (tertiary/aromatic N) is 1. The molecule has 0 unspecified atom stereocenters. The Bertz CT molecular complexity index is 735. The van der Waals surface area contributed by atoms with E-state index < -0.39 is 0 Å². The summed E-state index contributed by atoms with van der Waals surface area (Å²) in [6.07, 6.45) is 1.61. The van der Waals surface area contributed by atoms with E-state index in [1.54, 1.807) is 13.4 Å². The molecule has 2 aromatic carbocycles. The van der Waals surface area contributed by atoms with Gasteiger partial charge in [0.1, 0.15) is 17.7 Å². The molecule has 106 valence electrons. The second-order valence-corrected chi connectivity index (χ2v) is 4.52. The maximum absolute atomic E-state index is 5.67. The van der Waals surface area contributed by atoms with Crippen LogP contribution < -0.4 is 15.8 Å². The summed E-state index contributed by atoms with van der Waals surface area (Å²) in [6, 6.07) is 15.5. The van der Waals surface area contributed by atoms with E-state index in [4.69, 9.17) is 14.9 Å². The number of nitrogens with one attached hydrogen (secondary N) is 1. The summed E-state index contributed by atoms with van der Waals surface area (Å²) in [4.78, 5) is 4.40. The predicted octanol–water partition coefficient (Wildman–Crippen LogP) is 3.68. The van der Waals surface area contributed by atoms with Crippen molar-refractivity contribution in [1.82, 2.24) is 4.98 Å². The van der Waals surface area contributed by atoms with Gasteiger partial charge in [-0.25, -0.2) is 0 Å². The maximum Gasteiger partial charge on any atom is 0.299 e. The van der Waals surface area contributed by atoms with Gasteiger partial charge >= 0.3 is 0 Å². The number of hydrogen-bond donors (Lipinski definition) is 2. The fourth-order valence-electron chi connectivity index (χ4n) is 1.94. The number of oxazole rings is 1. The first-order valence-electron chi connectivity index (χ1n) is 6.47. The molecular formula is C16H15N3O2. The lowest BCUT2D eigenvalue weighted by atomic mass is 10.1. The van der Waals surface area contributed by atoms with E-state index >= 15 is 0 Å². The molecule has 0 aliphatic heterocycles. The van der Waals surface area contributed by atoms with Gasteiger partial charge in [-0.05, 0) is 24.3 Å². The lowest BCUT2D eigenvalue weighted by Crippen LogP contribution is -1.91. The average molecular weight is 281 g/mol. The molecule has 3 aromatic rings. The molecule has 0 radical (unpaired) electrons. The largest absolute Gasteiger partial charge is 0.497 e. The smallest absolute Gasteiger partial charge is 0.299 e. The van der Waals surface area contributed by atoms with Crippen LogP contribution in [0.1, 0.15) is 0 Å². The van der Waals surface area contributed by atoms with E-state index in [0.29, 0.717) is 6.01 Å². The minimum Gasteiger partial charge on any atom is -0.497 e. The first-order valence-corrected chi connectivity index (χ1v) is 6.47. The van der Waals surface area contributed by atoms with Gasteiger partial charge in [-0.15, -0.1) is 0 Å². The third kappa shape index (κ3) is 2.97. The van der Waals surface area contributed by atoms with Crippen LogP contribution in [0.3, 0.4) is 0 Å². The predicted molar refractivity (Wildman–Crippen MR) is 82.6 cm³/mol. The minimum atomic E-state index is 0.426. The molecule has 1 heterocycles. The summed E-state index contributed by atoms with van der Waals surface area (Å²) < 4.78 is 10.6. The summed E-state index contributed by atoms with van der Waals surface area (Å²) >= 11 is 0. The Kier molecular flexibility index (Phi) is 3.47. The Morgan fingerprint density at radius 1 is 1.14 bits per heavy atom. The van der Waals surface area contributed by atoms with Crippen molar-refractivity contribution in [1.29, 1.82) is 0 Å². The van der Waals surface area contributed by atoms with Crippen molar-refractivity contribution in [2.24, 2.45) is 0 Å². The lowest BCUT2D eigenvalue weighted by molar-refractivity contribution is 0.415. The molecule has 1 aromatic heterocycles. The zero-order valence-electron chi connectivity index (χ0n) is 11.5. The SMILES string of the molecule is COc1cccc(Nc2nc(-c3ccc(N)cc3)co2)c1. The molecular weight excluding hydrogens is 266 g/mol. The third-order valence-corrected chi connectivity index (χ3v) is 3.03. The van der Waals surface area contributed by atoms with E-state index in [1.165, 1.54) is 0 Å². The zero-order chi connectivity index (χ0) is 14.7. The molecule has 0 spiro atoms. The quantitative estimate of drug-likeness (QED) is 0.714. The Morgan fingerprint density at radius 2 is 1.95 bits per heavy atom. The van der Waals surface area contributed by atoms with Crippen LogP contribution in [0.5, 0.6) is 5.75 Å². The van der Waals surface area contributed by atoms with Crippen molar-refractivity contribution in [3.05, 3.63) is 54.8 Å². The average Bonchev–Trinajstić information content (AvgIpc) is 2.96. The van der Waals surface area contributed by atoms with Crippen LogP contribution in [0.25, 0.3) is 11.3 Å². The molecule has 0 saturated carbocycles. The molecule has 0 fully saturated rings. The fraction of sp³-hybridized carbons (Fsp3) is 0.0625. The number of methoxy groups -OCH3 is 1. The summed E-state index contributed by atoms with van der Waals surface area (Å²) in [5.74, 6) is 0.769. The number of rotatable bonds is 4. The van der Waals surface area contributed by atoms with Gasteiger partial charge in [0.05, 0.1) is 7.11 Å². The molecule has 3 rings (SSSR count). The number of nitrogen functional groups attached to an aromatic ring is 1. The van der Waals surface area contributed by atoms with E-state index in [1.807, 2.05) is 48.5 Å². The normalized spacial score (nSPS) is 10.3. The van der Waals surface area contributed by atoms with Crippen LogP contribution >= 0.6 is 0 Å². The monoisotopic (exact) mass is 281 g/mol. The summed E-state index contributed by atoms with van der Waals surface area (Å²) in [6.45, 7) is 0. The Hall–Kier alpha value is -2.95. The van der Waals surface area contributed by atoms with E-state index in [-0.39, 0.29) is 0 Å². The van der Waals surface area contributed by atoms with Gasteiger partial charge in [-0.3, -0.25) is 0 Å². The molecule has 0 amide bonds.